The maximum Gasteiger partial charge on any atom is 0.407 e. The molecule has 0 heterocycles. The molecule has 6 heteroatoms. The Morgan fingerprint density at radius 2 is 1.70 bits per heavy atom. The van der Waals surface area contributed by atoms with Crippen molar-refractivity contribution in [2.24, 2.45) is 0 Å². The summed E-state index contributed by atoms with van der Waals surface area (Å²) in [6, 6.07) is 10.8. The number of nitrogens with one attached hydrogen (secondary N) is 2. The molecule has 0 aliphatic heterocycles. The monoisotopic (exact) mass is 388 g/mol. The minimum Gasteiger partial charge on any atom is -0.444 e. The van der Waals surface area contributed by atoms with Gasteiger partial charge >= 0.3 is 6.09 Å². The summed E-state index contributed by atoms with van der Waals surface area (Å²) in [6.45, 7) is 9.60. The van der Waals surface area contributed by atoms with Gasteiger partial charge in [-0.15, -0.1) is 0 Å². The van der Waals surface area contributed by atoms with E-state index in [4.69, 9.17) is 16.3 Å². The van der Waals surface area contributed by atoms with Gasteiger partial charge in [0.15, 0.2) is 0 Å². The van der Waals surface area contributed by atoms with Crippen LogP contribution in [0.3, 0.4) is 0 Å². The number of benzene rings is 2. The van der Waals surface area contributed by atoms with Crippen molar-refractivity contribution in [2.75, 3.05) is 5.32 Å². The Morgan fingerprint density at radius 1 is 1.07 bits per heavy atom. The normalized spacial score (nSPS) is 11.0. The van der Waals surface area contributed by atoms with Crippen molar-refractivity contribution in [1.82, 2.24) is 5.32 Å². The summed E-state index contributed by atoms with van der Waals surface area (Å²) in [5.41, 5.74) is 3.39. The molecule has 0 unspecified atom stereocenters. The van der Waals surface area contributed by atoms with Crippen LogP contribution in [0.5, 0.6) is 0 Å². The van der Waals surface area contributed by atoms with Crippen LogP contribution in [0.15, 0.2) is 36.4 Å². The average molecular weight is 389 g/mol. The molecule has 0 spiro atoms. The second-order valence-corrected chi connectivity index (χ2v) is 7.85. The Morgan fingerprint density at radius 3 is 2.26 bits per heavy atom. The Balaban J connectivity index is 1.99. The molecule has 0 aromatic heterocycles. The van der Waals surface area contributed by atoms with Crippen LogP contribution < -0.4 is 10.6 Å². The van der Waals surface area contributed by atoms with Crippen LogP contribution in [0.25, 0.3) is 0 Å². The summed E-state index contributed by atoms with van der Waals surface area (Å²) >= 11 is 6.24. The predicted octanol–water partition coefficient (Wildman–Crippen LogP) is 5.23. The van der Waals surface area contributed by atoms with Crippen LogP contribution in [-0.2, 0) is 11.3 Å². The third-order valence-corrected chi connectivity index (χ3v) is 4.02. The lowest BCUT2D eigenvalue weighted by Gasteiger charge is -2.19. The second kappa shape index (κ2) is 8.44. The van der Waals surface area contributed by atoms with Crippen molar-refractivity contribution < 1.29 is 14.3 Å². The lowest BCUT2D eigenvalue weighted by atomic mass is 10.1. The van der Waals surface area contributed by atoms with E-state index >= 15 is 0 Å². The van der Waals surface area contributed by atoms with Gasteiger partial charge in [-0.25, -0.2) is 4.79 Å². The van der Waals surface area contributed by atoms with Crippen LogP contribution >= 0.6 is 11.6 Å². The Kier molecular flexibility index (Phi) is 6.50. The number of carbonyl (C=O) groups is 2. The molecule has 2 N–H and O–H groups in total. The average Bonchev–Trinajstić information content (AvgIpc) is 2.55. The first kappa shape index (κ1) is 20.8. The molecule has 2 aromatic carbocycles. The molecule has 0 fully saturated rings. The first-order valence-electron chi connectivity index (χ1n) is 8.69. The van der Waals surface area contributed by atoms with Crippen LogP contribution in [0.4, 0.5) is 10.5 Å². The fraction of sp³-hybridized carbons (Fsp3) is 0.333. The third kappa shape index (κ3) is 6.29. The molecule has 27 heavy (non-hydrogen) atoms. The summed E-state index contributed by atoms with van der Waals surface area (Å²) in [5.74, 6) is -0.240. The minimum atomic E-state index is -0.540. The number of hydrogen-bond donors (Lipinski definition) is 2. The molecule has 0 radical (unpaired) electrons. The van der Waals surface area contributed by atoms with Crippen LogP contribution in [0.2, 0.25) is 5.02 Å². The van der Waals surface area contributed by atoms with Gasteiger partial charge in [0.25, 0.3) is 5.91 Å². The first-order chi connectivity index (χ1) is 12.5. The fourth-order valence-electron chi connectivity index (χ4n) is 2.52. The van der Waals surface area contributed by atoms with Crippen LogP contribution in [0.1, 0.15) is 47.8 Å². The summed E-state index contributed by atoms with van der Waals surface area (Å²) in [6.07, 6.45) is -0.478. The van der Waals surface area contributed by atoms with E-state index in [2.05, 4.69) is 10.6 Å². The van der Waals surface area contributed by atoms with Gasteiger partial charge in [-0.3, -0.25) is 4.79 Å². The molecule has 0 saturated carbocycles. The molecule has 2 amide bonds. The van der Waals surface area contributed by atoms with Crippen molar-refractivity contribution in [3.63, 3.8) is 0 Å². The van der Waals surface area contributed by atoms with Gasteiger partial charge in [-0.05, 0) is 69.5 Å². The van der Waals surface area contributed by atoms with Crippen molar-refractivity contribution in [1.29, 1.82) is 0 Å². The van der Waals surface area contributed by atoms with Crippen molar-refractivity contribution in [3.8, 4) is 0 Å². The zero-order valence-corrected chi connectivity index (χ0v) is 17.0. The Hall–Kier alpha value is -2.53. The van der Waals surface area contributed by atoms with Gasteiger partial charge in [-0.2, -0.15) is 0 Å². The molecule has 2 aromatic rings. The number of alkyl carbamates (subject to hydrolysis) is 1. The molecular formula is C21H25ClN2O3. The highest BCUT2D eigenvalue weighted by atomic mass is 35.5. The van der Waals surface area contributed by atoms with E-state index in [1.54, 1.807) is 24.3 Å². The molecule has 0 saturated heterocycles. The van der Waals surface area contributed by atoms with E-state index in [1.165, 1.54) is 0 Å². The van der Waals surface area contributed by atoms with Gasteiger partial charge in [0, 0.05) is 12.1 Å². The van der Waals surface area contributed by atoms with E-state index in [9.17, 15) is 9.59 Å². The van der Waals surface area contributed by atoms with E-state index < -0.39 is 11.7 Å². The minimum absolute atomic E-state index is 0.240. The Bertz CT molecular complexity index is 816. The van der Waals surface area contributed by atoms with E-state index in [1.807, 2.05) is 46.8 Å². The number of anilines is 1. The summed E-state index contributed by atoms with van der Waals surface area (Å²) < 4.78 is 5.19. The topological polar surface area (TPSA) is 67.4 Å². The molecule has 0 bridgehead atoms. The van der Waals surface area contributed by atoms with Crippen molar-refractivity contribution >= 4 is 29.3 Å². The second-order valence-electron chi connectivity index (χ2n) is 7.45. The lowest BCUT2D eigenvalue weighted by molar-refractivity contribution is 0.0523. The standard InChI is InChI=1S/C21H25ClN2O3/c1-13-10-14(2)18(17(22)11-13)24-19(25)16-8-6-15(7-9-16)12-23-20(26)27-21(3,4)5/h6-11H,12H2,1-5H3,(H,23,26)(H,24,25). The van der Waals surface area contributed by atoms with Gasteiger partial charge in [-0.1, -0.05) is 29.8 Å². The zero-order chi connectivity index (χ0) is 20.2. The van der Waals surface area contributed by atoms with E-state index in [-0.39, 0.29) is 5.91 Å². The first-order valence-corrected chi connectivity index (χ1v) is 9.07. The molecule has 0 aliphatic carbocycles. The van der Waals surface area contributed by atoms with E-state index in [0.717, 1.165) is 16.7 Å². The van der Waals surface area contributed by atoms with Crippen molar-refractivity contribution in [2.45, 2.75) is 46.8 Å². The van der Waals surface area contributed by atoms with Crippen LogP contribution in [0, 0.1) is 13.8 Å². The number of hydrogen-bond acceptors (Lipinski definition) is 3. The predicted molar refractivity (Wildman–Crippen MR) is 108 cm³/mol. The fourth-order valence-corrected chi connectivity index (χ4v) is 2.89. The third-order valence-electron chi connectivity index (χ3n) is 3.72. The largest absolute Gasteiger partial charge is 0.444 e. The summed E-state index contributed by atoms with van der Waals surface area (Å²) in [5, 5.41) is 6.05. The quantitative estimate of drug-likeness (QED) is 0.753. The van der Waals surface area contributed by atoms with Crippen LogP contribution in [-0.4, -0.2) is 17.6 Å². The zero-order valence-electron chi connectivity index (χ0n) is 16.3. The van der Waals surface area contributed by atoms with Gasteiger partial charge in [0.1, 0.15) is 5.60 Å². The molecular weight excluding hydrogens is 364 g/mol. The highest BCUT2D eigenvalue weighted by molar-refractivity contribution is 6.34. The SMILES string of the molecule is Cc1cc(C)c(NC(=O)c2ccc(CNC(=O)OC(C)(C)C)cc2)c(Cl)c1. The highest BCUT2D eigenvalue weighted by Crippen LogP contribution is 2.27. The number of amides is 2. The number of halogens is 1. The summed E-state index contributed by atoms with van der Waals surface area (Å²) in [4.78, 5) is 24.2. The lowest BCUT2D eigenvalue weighted by Crippen LogP contribution is -2.32. The maximum atomic E-state index is 12.5. The number of ether oxygens (including phenoxy) is 1. The van der Waals surface area contributed by atoms with Gasteiger partial charge in [0.2, 0.25) is 0 Å². The van der Waals surface area contributed by atoms with Gasteiger partial charge in [0.05, 0.1) is 10.7 Å². The highest BCUT2D eigenvalue weighted by Gasteiger charge is 2.16. The maximum absolute atomic E-state index is 12.5. The number of carbonyl (C=O) groups excluding carboxylic acids is 2. The molecule has 144 valence electrons. The molecule has 0 atom stereocenters. The van der Waals surface area contributed by atoms with Gasteiger partial charge < -0.3 is 15.4 Å². The van der Waals surface area contributed by atoms with Crippen molar-refractivity contribution in [3.05, 3.63) is 63.7 Å². The Labute approximate surface area is 165 Å². The smallest absolute Gasteiger partial charge is 0.407 e. The van der Waals surface area contributed by atoms with E-state index in [0.29, 0.717) is 22.8 Å². The molecule has 0 aliphatic rings. The number of aryl methyl sites for hydroxylation is 2. The number of rotatable bonds is 4. The summed E-state index contributed by atoms with van der Waals surface area (Å²) in [7, 11) is 0. The molecule has 5 nitrogen and oxygen atoms in total. The molecule has 2 rings (SSSR count).